The van der Waals surface area contributed by atoms with Crippen molar-refractivity contribution in [2.24, 2.45) is 28.6 Å². The van der Waals surface area contributed by atoms with Crippen molar-refractivity contribution in [2.45, 2.75) is 63.0 Å². The summed E-state index contributed by atoms with van der Waals surface area (Å²) in [4.78, 5) is 23.5. The highest BCUT2D eigenvalue weighted by molar-refractivity contribution is 6.26. The summed E-state index contributed by atoms with van der Waals surface area (Å²) in [5.41, 5.74) is -2.25. The van der Waals surface area contributed by atoms with E-state index < -0.39 is 39.8 Å². The van der Waals surface area contributed by atoms with Crippen molar-refractivity contribution in [1.29, 1.82) is 0 Å². The number of aliphatic hydroxyl groups excluding tert-OH is 2. The van der Waals surface area contributed by atoms with E-state index in [4.69, 9.17) is 11.6 Å². The molecule has 3 saturated carbocycles. The second kappa shape index (κ2) is 6.00. The number of hydrogen-bond acceptors (Lipinski definition) is 5. The molecule has 0 aromatic rings. The lowest BCUT2D eigenvalue weighted by Gasteiger charge is -2.63. The summed E-state index contributed by atoms with van der Waals surface area (Å²) in [6.45, 7) is 4.97. The summed E-state index contributed by atoms with van der Waals surface area (Å²) in [6.07, 6.45) is 6.22. The molecule has 0 spiro atoms. The summed E-state index contributed by atoms with van der Waals surface area (Å²) < 4.78 is 0. The van der Waals surface area contributed by atoms with Crippen LogP contribution in [0.5, 0.6) is 0 Å². The number of fused-ring (bicyclic) bond motifs is 5. The van der Waals surface area contributed by atoms with Gasteiger partial charge in [-0.05, 0) is 55.6 Å². The molecule has 0 bridgehead atoms. The Hall–Kier alpha value is -1.01. The molecular weight excluding hydrogens is 380 g/mol. The minimum atomic E-state index is -1.68. The molecule has 8 atom stereocenters. The van der Waals surface area contributed by atoms with Crippen LogP contribution in [0.4, 0.5) is 0 Å². The van der Waals surface area contributed by atoms with Gasteiger partial charge in [0.1, 0.15) is 12.2 Å². The molecule has 6 heteroatoms. The number of ketones is 2. The van der Waals surface area contributed by atoms with Crippen LogP contribution in [0.2, 0.25) is 0 Å². The number of carbonyl (C=O) groups is 2. The third kappa shape index (κ3) is 2.09. The molecule has 3 fully saturated rings. The van der Waals surface area contributed by atoms with E-state index in [-0.39, 0.29) is 30.0 Å². The molecule has 0 radical (unpaired) electrons. The van der Waals surface area contributed by atoms with Gasteiger partial charge in [-0.15, -0.1) is 11.6 Å². The Morgan fingerprint density at radius 2 is 2.00 bits per heavy atom. The van der Waals surface area contributed by atoms with Crippen molar-refractivity contribution >= 4 is 23.2 Å². The van der Waals surface area contributed by atoms with Crippen molar-refractivity contribution in [3.8, 4) is 0 Å². The van der Waals surface area contributed by atoms with Crippen LogP contribution in [0, 0.1) is 28.6 Å². The molecule has 4 aliphatic rings. The highest BCUT2D eigenvalue weighted by Gasteiger charge is 2.74. The summed E-state index contributed by atoms with van der Waals surface area (Å²) in [7, 11) is 0. The molecule has 0 saturated heterocycles. The summed E-state index contributed by atoms with van der Waals surface area (Å²) >= 11 is 7.30. The van der Waals surface area contributed by atoms with Crippen molar-refractivity contribution in [3.63, 3.8) is 0 Å². The second-order valence-electron chi connectivity index (χ2n) is 9.75. The molecule has 154 valence electrons. The Balaban J connectivity index is 1.84. The lowest BCUT2D eigenvalue weighted by atomic mass is 9.45. The van der Waals surface area contributed by atoms with E-state index >= 15 is 0 Å². The van der Waals surface area contributed by atoms with Gasteiger partial charge in [0.25, 0.3) is 0 Å². The number of carbonyl (C=O) groups excluding carboxylic acids is 2. The number of hydrogen-bond donors (Lipinski definition) is 3. The lowest BCUT2D eigenvalue weighted by Crippen LogP contribution is -2.69. The van der Waals surface area contributed by atoms with E-state index in [1.807, 2.05) is 26.8 Å². The van der Waals surface area contributed by atoms with E-state index in [0.29, 0.717) is 19.3 Å². The van der Waals surface area contributed by atoms with E-state index in [1.54, 1.807) is 6.08 Å². The van der Waals surface area contributed by atoms with Crippen LogP contribution in [0.3, 0.4) is 0 Å². The fraction of sp³-hybridized carbons (Fsp3) is 0.727. The van der Waals surface area contributed by atoms with Crippen LogP contribution in [-0.2, 0) is 9.59 Å². The monoisotopic (exact) mass is 408 g/mol. The van der Waals surface area contributed by atoms with Gasteiger partial charge >= 0.3 is 0 Å². The zero-order valence-corrected chi connectivity index (χ0v) is 17.4. The standard InChI is InChI=1S/C22H29ClO5/c1-12-8-16-15-5-4-13-9-14(25)6-7-19(13,2)21(15,23)17(26)10-20(16,3)22(12,28)18(27)11-24/h6-7,9,12,15-17,24,26,28H,4-5,8,10-11H2,1-3H3/t12?,15?,16?,17?,19-,20-,21-,22-/m0/s1. The largest absolute Gasteiger partial charge is 0.391 e. The number of rotatable bonds is 2. The second-order valence-corrected chi connectivity index (χ2v) is 10.4. The molecule has 0 heterocycles. The topological polar surface area (TPSA) is 94.8 Å². The number of Topliss-reactive ketones (excluding diaryl/α,β-unsaturated/α-hetero) is 1. The van der Waals surface area contributed by atoms with Gasteiger partial charge in [-0.25, -0.2) is 0 Å². The van der Waals surface area contributed by atoms with Gasteiger partial charge < -0.3 is 15.3 Å². The average Bonchev–Trinajstić information content (AvgIpc) is 2.84. The minimum absolute atomic E-state index is 0.0567. The van der Waals surface area contributed by atoms with E-state index in [0.717, 1.165) is 5.57 Å². The normalized spacial score (nSPS) is 52.5. The van der Waals surface area contributed by atoms with E-state index in [2.05, 4.69) is 0 Å². The molecular formula is C22H29ClO5. The highest BCUT2D eigenvalue weighted by atomic mass is 35.5. The van der Waals surface area contributed by atoms with Crippen molar-refractivity contribution in [1.82, 2.24) is 0 Å². The highest BCUT2D eigenvalue weighted by Crippen LogP contribution is 2.71. The zero-order chi connectivity index (χ0) is 20.7. The molecule has 4 unspecified atom stereocenters. The maximum absolute atomic E-state index is 12.6. The molecule has 0 amide bonds. The fourth-order valence-electron chi connectivity index (χ4n) is 7.26. The first-order chi connectivity index (χ1) is 13.0. The molecule has 4 rings (SSSR count). The molecule has 0 aromatic heterocycles. The SMILES string of the molecule is CC1CC2C3CCC4=CC(=O)C=C[C@]4(C)[C@@]3(Cl)C(O)C[C@]2(C)[C@@]1(O)C(=O)CO. The van der Waals surface area contributed by atoms with Gasteiger partial charge in [0, 0.05) is 10.8 Å². The molecule has 5 nitrogen and oxygen atoms in total. The number of halogens is 1. The predicted octanol–water partition coefficient (Wildman–Crippen LogP) is 2.17. The average molecular weight is 409 g/mol. The van der Waals surface area contributed by atoms with Gasteiger partial charge in [0.2, 0.25) is 0 Å². The fourth-order valence-corrected chi connectivity index (χ4v) is 7.78. The number of allylic oxidation sites excluding steroid dienone is 4. The molecule has 3 N–H and O–H groups in total. The first kappa shape index (κ1) is 20.3. The maximum Gasteiger partial charge on any atom is 0.190 e. The van der Waals surface area contributed by atoms with E-state index in [1.165, 1.54) is 6.08 Å². The van der Waals surface area contributed by atoms with Crippen LogP contribution in [0.15, 0.2) is 23.8 Å². The first-order valence-electron chi connectivity index (χ1n) is 10.1. The van der Waals surface area contributed by atoms with Gasteiger partial charge in [-0.2, -0.15) is 0 Å². The van der Waals surface area contributed by atoms with Crippen LogP contribution in [0.25, 0.3) is 0 Å². The Bertz CT molecular complexity index is 805. The van der Waals surface area contributed by atoms with Gasteiger partial charge in [-0.3, -0.25) is 9.59 Å². The number of alkyl halides is 1. The minimum Gasteiger partial charge on any atom is -0.391 e. The van der Waals surface area contributed by atoms with Crippen molar-refractivity contribution in [3.05, 3.63) is 23.8 Å². The zero-order valence-electron chi connectivity index (χ0n) is 16.6. The molecule has 4 aliphatic carbocycles. The Morgan fingerprint density at radius 1 is 1.32 bits per heavy atom. The van der Waals surface area contributed by atoms with E-state index in [9.17, 15) is 24.9 Å². The van der Waals surface area contributed by atoms with Crippen molar-refractivity contribution in [2.75, 3.05) is 6.61 Å². The van der Waals surface area contributed by atoms with Gasteiger partial charge in [0.05, 0.1) is 11.0 Å². The number of aliphatic hydroxyl groups is 3. The third-order valence-corrected chi connectivity index (χ3v) is 9.72. The van der Waals surface area contributed by atoms with Gasteiger partial charge in [0.15, 0.2) is 11.6 Å². The maximum atomic E-state index is 12.6. The Morgan fingerprint density at radius 3 is 2.64 bits per heavy atom. The quantitative estimate of drug-likeness (QED) is 0.608. The third-order valence-electron chi connectivity index (χ3n) is 8.79. The smallest absolute Gasteiger partial charge is 0.190 e. The Kier molecular flexibility index (Phi) is 4.35. The molecule has 0 aliphatic heterocycles. The lowest BCUT2D eigenvalue weighted by molar-refractivity contribution is -0.179. The van der Waals surface area contributed by atoms with Crippen LogP contribution in [-0.4, -0.2) is 50.1 Å². The summed E-state index contributed by atoms with van der Waals surface area (Å²) in [5, 5.41) is 32.3. The van der Waals surface area contributed by atoms with Crippen LogP contribution >= 0.6 is 11.6 Å². The predicted molar refractivity (Wildman–Crippen MR) is 105 cm³/mol. The molecule has 0 aromatic carbocycles. The summed E-state index contributed by atoms with van der Waals surface area (Å²) in [5.74, 6) is -1.15. The Labute approximate surface area is 170 Å². The van der Waals surface area contributed by atoms with Crippen LogP contribution < -0.4 is 0 Å². The van der Waals surface area contributed by atoms with Crippen LogP contribution in [0.1, 0.15) is 46.5 Å². The first-order valence-corrected chi connectivity index (χ1v) is 10.5. The summed E-state index contributed by atoms with van der Waals surface area (Å²) in [6, 6.07) is 0. The van der Waals surface area contributed by atoms with Crippen molar-refractivity contribution < 1.29 is 24.9 Å². The van der Waals surface area contributed by atoms with Gasteiger partial charge in [-0.1, -0.05) is 32.4 Å². The molecule has 28 heavy (non-hydrogen) atoms.